The van der Waals surface area contributed by atoms with Crippen molar-refractivity contribution >= 4 is 5.78 Å². The lowest BCUT2D eigenvalue weighted by Gasteiger charge is -2.26. The van der Waals surface area contributed by atoms with Gasteiger partial charge >= 0.3 is 0 Å². The lowest BCUT2D eigenvalue weighted by Crippen LogP contribution is -2.35. The number of ether oxygens (including phenoxy) is 1. The van der Waals surface area contributed by atoms with Gasteiger partial charge in [-0.1, -0.05) is 25.7 Å². The van der Waals surface area contributed by atoms with E-state index in [0.717, 1.165) is 11.3 Å². The van der Waals surface area contributed by atoms with Gasteiger partial charge in [-0.05, 0) is 51.1 Å². The molecule has 1 aromatic carbocycles. The number of hydrogen-bond acceptors (Lipinski definition) is 3. The van der Waals surface area contributed by atoms with Crippen LogP contribution in [0.5, 0.6) is 5.75 Å². The average molecular weight is 289 g/mol. The molecule has 2 rings (SSSR count). The van der Waals surface area contributed by atoms with E-state index >= 15 is 0 Å². The summed E-state index contributed by atoms with van der Waals surface area (Å²) in [5.41, 5.74) is 0.777. The smallest absolute Gasteiger partial charge is 0.176 e. The third-order valence-corrected chi connectivity index (χ3v) is 4.33. The lowest BCUT2D eigenvalue weighted by molar-refractivity contribution is 0.0912. The summed E-state index contributed by atoms with van der Waals surface area (Å²) in [7, 11) is 2.09. The second-order valence-corrected chi connectivity index (χ2v) is 5.94. The van der Waals surface area contributed by atoms with Crippen LogP contribution in [0.3, 0.4) is 0 Å². The molecule has 1 aliphatic carbocycles. The van der Waals surface area contributed by atoms with Crippen molar-refractivity contribution in [3.05, 3.63) is 29.8 Å². The van der Waals surface area contributed by atoms with Crippen molar-refractivity contribution in [2.24, 2.45) is 0 Å². The van der Waals surface area contributed by atoms with E-state index in [4.69, 9.17) is 4.74 Å². The second kappa shape index (κ2) is 8.18. The van der Waals surface area contributed by atoms with Gasteiger partial charge in [-0.3, -0.25) is 9.69 Å². The number of carbonyl (C=O) groups excluding carboxylic acids is 1. The number of likely N-dealkylation sites (N-methyl/N-ethyl adjacent to an activating group) is 1. The van der Waals surface area contributed by atoms with Crippen molar-refractivity contribution in [1.82, 2.24) is 4.90 Å². The maximum Gasteiger partial charge on any atom is 0.176 e. The van der Waals surface area contributed by atoms with E-state index < -0.39 is 0 Å². The highest BCUT2D eigenvalue weighted by Gasteiger charge is 2.19. The molecule has 116 valence electrons. The molecule has 0 unspecified atom stereocenters. The Labute approximate surface area is 128 Å². The van der Waals surface area contributed by atoms with Gasteiger partial charge in [0.1, 0.15) is 5.75 Å². The van der Waals surface area contributed by atoms with Crippen LogP contribution in [0.2, 0.25) is 0 Å². The Bertz CT molecular complexity index is 433. The largest absolute Gasteiger partial charge is 0.494 e. The standard InChI is InChI=1S/C18H27NO2/c1-3-21-17-12-10-15(11-13-17)18(20)14-19(2)16-8-6-4-5-7-9-16/h10-13,16H,3-9,14H2,1-2H3. The predicted molar refractivity (Wildman–Crippen MR) is 86.1 cm³/mol. The maximum atomic E-state index is 12.4. The van der Waals surface area contributed by atoms with Crippen LogP contribution in [0.4, 0.5) is 0 Å². The first-order valence-electron chi connectivity index (χ1n) is 8.17. The molecule has 1 aromatic rings. The van der Waals surface area contributed by atoms with Crippen LogP contribution in [0.15, 0.2) is 24.3 Å². The van der Waals surface area contributed by atoms with E-state index in [9.17, 15) is 4.79 Å². The molecule has 0 atom stereocenters. The molecule has 0 amide bonds. The second-order valence-electron chi connectivity index (χ2n) is 5.94. The third kappa shape index (κ3) is 4.85. The quantitative estimate of drug-likeness (QED) is 0.587. The van der Waals surface area contributed by atoms with Gasteiger partial charge in [0, 0.05) is 11.6 Å². The van der Waals surface area contributed by atoms with Crippen molar-refractivity contribution in [2.75, 3.05) is 20.2 Å². The van der Waals surface area contributed by atoms with Crippen molar-refractivity contribution in [1.29, 1.82) is 0 Å². The first kappa shape index (κ1) is 16.0. The van der Waals surface area contributed by atoms with Crippen LogP contribution in [-0.2, 0) is 0 Å². The third-order valence-electron chi connectivity index (χ3n) is 4.33. The van der Waals surface area contributed by atoms with Gasteiger partial charge in [-0.2, -0.15) is 0 Å². The molecule has 21 heavy (non-hydrogen) atoms. The monoisotopic (exact) mass is 289 g/mol. The van der Waals surface area contributed by atoms with Gasteiger partial charge in [0.25, 0.3) is 0 Å². The van der Waals surface area contributed by atoms with Crippen molar-refractivity contribution in [3.8, 4) is 5.75 Å². The molecular formula is C18H27NO2. The van der Waals surface area contributed by atoms with Crippen LogP contribution in [0.1, 0.15) is 55.8 Å². The number of Topliss-reactive ketones (excluding diaryl/α,β-unsaturated/α-hetero) is 1. The van der Waals surface area contributed by atoms with Crippen molar-refractivity contribution in [3.63, 3.8) is 0 Å². The zero-order valence-electron chi connectivity index (χ0n) is 13.3. The van der Waals surface area contributed by atoms with Gasteiger partial charge in [-0.25, -0.2) is 0 Å². The van der Waals surface area contributed by atoms with Gasteiger partial charge in [-0.15, -0.1) is 0 Å². The Balaban J connectivity index is 1.90. The number of carbonyl (C=O) groups is 1. The molecule has 0 aromatic heterocycles. The van der Waals surface area contributed by atoms with Crippen molar-refractivity contribution < 1.29 is 9.53 Å². The number of benzene rings is 1. The Kier molecular flexibility index (Phi) is 6.24. The summed E-state index contributed by atoms with van der Waals surface area (Å²) in [5, 5.41) is 0. The van der Waals surface area contributed by atoms with Gasteiger partial charge in [0.2, 0.25) is 0 Å². The van der Waals surface area contributed by atoms with Crippen LogP contribution >= 0.6 is 0 Å². The van der Waals surface area contributed by atoms with Crippen LogP contribution in [0.25, 0.3) is 0 Å². The normalized spacial score (nSPS) is 16.7. The summed E-state index contributed by atoms with van der Waals surface area (Å²) in [5.74, 6) is 1.02. The topological polar surface area (TPSA) is 29.5 Å². The van der Waals surface area contributed by atoms with Gasteiger partial charge in [0.05, 0.1) is 13.2 Å². The molecule has 1 fully saturated rings. The Morgan fingerprint density at radius 1 is 1.14 bits per heavy atom. The number of ketones is 1. The molecule has 1 saturated carbocycles. The van der Waals surface area contributed by atoms with E-state index in [1.807, 2.05) is 31.2 Å². The minimum atomic E-state index is 0.199. The summed E-state index contributed by atoms with van der Waals surface area (Å²) in [4.78, 5) is 14.6. The highest BCUT2D eigenvalue weighted by molar-refractivity contribution is 5.97. The van der Waals surface area contributed by atoms with Crippen molar-refractivity contribution in [2.45, 2.75) is 51.5 Å². The zero-order chi connectivity index (χ0) is 15.1. The minimum Gasteiger partial charge on any atom is -0.494 e. The molecule has 3 nitrogen and oxygen atoms in total. The summed E-state index contributed by atoms with van der Waals surface area (Å²) >= 11 is 0. The highest BCUT2D eigenvalue weighted by Crippen LogP contribution is 2.21. The zero-order valence-corrected chi connectivity index (χ0v) is 13.3. The molecule has 0 spiro atoms. The SMILES string of the molecule is CCOc1ccc(C(=O)CN(C)C2CCCCCC2)cc1. The average Bonchev–Trinajstić information content (AvgIpc) is 2.77. The first-order chi connectivity index (χ1) is 10.2. The van der Waals surface area contributed by atoms with Gasteiger partial charge < -0.3 is 4.74 Å². The molecule has 0 radical (unpaired) electrons. The number of nitrogens with zero attached hydrogens (tertiary/aromatic N) is 1. The molecule has 0 saturated heterocycles. The Morgan fingerprint density at radius 2 is 1.76 bits per heavy atom. The molecule has 0 N–H and O–H groups in total. The summed E-state index contributed by atoms with van der Waals surface area (Å²) in [6.45, 7) is 3.12. The molecule has 0 bridgehead atoms. The highest BCUT2D eigenvalue weighted by atomic mass is 16.5. The van der Waals surface area contributed by atoms with E-state index in [1.54, 1.807) is 0 Å². The number of hydrogen-bond donors (Lipinski definition) is 0. The number of rotatable bonds is 6. The van der Waals surface area contributed by atoms with E-state index in [1.165, 1.54) is 38.5 Å². The molecule has 3 heteroatoms. The Hall–Kier alpha value is -1.35. The van der Waals surface area contributed by atoms with E-state index in [2.05, 4.69) is 11.9 Å². The maximum absolute atomic E-state index is 12.4. The molecule has 1 aliphatic rings. The van der Waals surface area contributed by atoms with Crippen LogP contribution in [0, 0.1) is 0 Å². The molecule has 0 aliphatic heterocycles. The summed E-state index contributed by atoms with van der Waals surface area (Å²) in [6.07, 6.45) is 7.74. The first-order valence-corrected chi connectivity index (χ1v) is 8.17. The predicted octanol–water partition coefficient (Wildman–Crippen LogP) is 3.92. The van der Waals surface area contributed by atoms with Crippen LogP contribution in [-0.4, -0.2) is 36.9 Å². The van der Waals surface area contributed by atoms with E-state index in [0.29, 0.717) is 19.2 Å². The summed E-state index contributed by atoms with van der Waals surface area (Å²) < 4.78 is 5.41. The van der Waals surface area contributed by atoms with Gasteiger partial charge in [0.15, 0.2) is 5.78 Å². The fourth-order valence-corrected chi connectivity index (χ4v) is 3.05. The molecular weight excluding hydrogens is 262 g/mol. The minimum absolute atomic E-state index is 0.199. The van der Waals surface area contributed by atoms with Crippen LogP contribution < -0.4 is 4.74 Å². The molecule has 0 heterocycles. The summed E-state index contributed by atoms with van der Waals surface area (Å²) in [6, 6.07) is 8.06. The Morgan fingerprint density at radius 3 is 2.33 bits per heavy atom. The van der Waals surface area contributed by atoms with E-state index in [-0.39, 0.29) is 5.78 Å². The fourth-order valence-electron chi connectivity index (χ4n) is 3.05. The fraction of sp³-hybridized carbons (Fsp3) is 0.611. The lowest BCUT2D eigenvalue weighted by atomic mass is 10.1.